The Morgan fingerprint density at radius 2 is 1.87 bits per heavy atom. The Kier molecular flexibility index (Phi) is 4.08. The molecular weight excluding hydrogens is 194 g/mol. The zero-order valence-corrected chi connectivity index (χ0v) is 9.14. The van der Waals surface area contributed by atoms with Crippen LogP contribution in [0.2, 0.25) is 0 Å². The van der Waals surface area contributed by atoms with Crippen LogP contribution in [-0.2, 0) is 9.59 Å². The van der Waals surface area contributed by atoms with Crippen molar-refractivity contribution < 1.29 is 9.59 Å². The Balaban J connectivity index is 2.26. The summed E-state index contributed by atoms with van der Waals surface area (Å²) in [5.74, 6) is -0.442. The molecule has 0 aromatic heterocycles. The number of nitrogens with two attached hydrogens (primary N) is 1. The van der Waals surface area contributed by atoms with Crippen LogP contribution in [-0.4, -0.2) is 30.4 Å². The fourth-order valence-corrected chi connectivity index (χ4v) is 1.91. The highest BCUT2D eigenvalue weighted by atomic mass is 16.2. The van der Waals surface area contributed by atoms with Crippen LogP contribution in [0.1, 0.15) is 32.6 Å². The number of carbonyl (C=O) groups is 2. The highest BCUT2D eigenvalue weighted by Gasteiger charge is 2.29. The van der Waals surface area contributed by atoms with Gasteiger partial charge in [0.1, 0.15) is 0 Å². The average Bonchev–Trinajstić information content (AvgIpc) is 2.61. The summed E-state index contributed by atoms with van der Waals surface area (Å²) in [5.41, 5.74) is 5.03. The Bertz CT molecular complexity index is 247. The zero-order chi connectivity index (χ0) is 11.3. The number of carbonyl (C=O) groups excluding carboxylic acids is 2. The topological polar surface area (TPSA) is 84.2 Å². The number of amides is 2. The standard InChI is InChI=1S/C10H19N3O2/c1-10(4-2-3-5-10)13-9(15)7-12-8(14)6-11/h2-7,11H2,1H3,(H,12,14)(H,13,15). The van der Waals surface area contributed by atoms with E-state index < -0.39 is 0 Å². The van der Waals surface area contributed by atoms with Crippen LogP contribution in [0.25, 0.3) is 0 Å². The fraction of sp³-hybridized carbons (Fsp3) is 0.800. The maximum Gasteiger partial charge on any atom is 0.239 e. The molecule has 5 nitrogen and oxygen atoms in total. The van der Waals surface area contributed by atoms with E-state index in [2.05, 4.69) is 10.6 Å². The highest BCUT2D eigenvalue weighted by Crippen LogP contribution is 2.28. The maximum absolute atomic E-state index is 11.5. The summed E-state index contributed by atoms with van der Waals surface area (Å²) in [6.07, 6.45) is 4.35. The second-order valence-corrected chi connectivity index (χ2v) is 4.30. The monoisotopic (exact) mass is 213 g/mol. The molecule has 1 saturated carbocycles. The summed E-state index contributed by atoms with van der Waals surface area (Å²) < 4.78 is 0. The van der Waals surface area contributed by atoms with Crippen LogP contribution in [0.15, 0.2) is 0 Å². The van der Waals surface area contributed by atoms with E-state index in [1.54, 1.807) is 0 Å². The normalized spacial score (nSPS) is 18.5. The van der Waals surface area contributed by atoms with E-state index in [9.17, 15) is 9.59 Å². The van der Waals surface area contributed by atoms with Crippen molar-refractivity contribution >= 4 is 11.8 Å². The van der Waals surface area contributed by atoms with E-state index >= 15 is 0 Å². The lowest BCUT2D eigenvalue weighted by Gasteiger charge is -2.25. The third kappa shape index (κ3) is 3.87. The molecule has 0 heterocycles. The van der Waals surface area contributed by atoms with Crippen LogP contribution in [0, 0.1) is 0 Å². The lowest BCUT2D eigenvalue weighted by Crippen LogP contribution is -2.48. The Hall–Kier alpha value is -1.10. The smallest absolute Gasteiger partial charge is 0.239 e. The van der Waals surface area contributed by atoms with Gasteiger partial charge in [0.15, 0.2) is 0 Å². The third-order valence-corrected chi connectivity index (χ3v) is 2.78. The van der Waals surface area contributed by atoms with Gasteiger partial charge in [-0.2, -0.15) is 0 Å². The van der Waals surface area contributed by atoms with E-state index in [0.29, 0.717) is 0 Å². The highest BCUT2D eigenvalue weighted by molar-refractivity contribution is 5.85. The van der Waals surface area contributed by atoms with Crippen molar-refractivity contribution in [1.29, 1.82) is 0 Å². The quantitative estimate of drug-likeness (QED) is 0.589. The van der Waals surface area contributed by atoms with Gasteiger partial charge in [0.25, 0.3) is 0 Å². The van der Waals surface area contributed by atoms with E-state index in [-0.39, 0.29) is 30.4 Å². The summed E-state index contributed by atoms with van der Waals surface area (Å²) in [6, 6.07) is 0. The summed E-state index contributed by atoms with van der Waals surface area (Å²) in [6.45, 7) is 1.98. The lowest BCUT2D eigenvalue weighted by atomic mass is 10.0. The van der Waals surface area contributed by atoms with Crippen molar-refractivity contribution in [2.45, 2.75) is 38.1 Å². The molecule has 0 bridgehead atoms. The SMILES string of the molecule is CC1(NC(=O)CNC(=O)CN)CCCC1. The van der Waals surface area contributed by atoms with Crippen LogP contribution in [0.3, 0.4) is 0 Å². The molecule has 1 fully saturated rings. The first-order valence-electron chi connectivity index (χ1n) is 5.33. The first-order valence-corrected chi connectivity index (χ1v) is 5.33. The van der Waals surface area contributed by atoms with Gasteiger partial charge in [-0.1, -0.05) is 12.8 Å². The fourth-order valence-electron chi connectivity index (χ4n) is 1.91. The van der Waals surface area contributed by atoms with Gasteiger partial charge >= 0.3 is 0 Å². The molecule has 0 unspecified atom stereocenters. The molecule has 0 saturated heterocycles. The Labute approximate surface area is 89.8 Å². The number of rotatable bonds is 4. The van der Waals surface area contributed by atoms with Crippen molar-refractivity contribution in [1.82, 2.24) is 10.6 Å². The summed E-state index contributed by atoms with van der Waals surface area (Å²) in [7, 11) is 0. The Morgan fingerprint density at radius 1 is 1.27 bits per heavy atom. The van der Waals surface area contributed by atoms with Crippen molar-refractivity contribution in [3.8, 4) is 0 Å². The van der Waals surface area contributed by atoms with Crippen LogP contribution >= 0.6 is 0 Å². The van der Waals surface area contributed by atoms with E-state index in [1.807, 2.05) is 6.92 Å². The summed E-state index contributed by atoms with van der Waals surface area (Å²) in [5, 5.41) is 5.39. The van der Waals surface area contributed by atoms with Gasteiger partial charge in [-0.05, 0) is 19.8 Å². The van der Waals surface area contributed by atoms with Gasteiger partial charge in [-0.25, -0.2) is 0 Å². The van der Waals surface area contributed by atoms with Crippen molar-refractivity contribution in [2.24, 2.45) is 5.73 Å². The van der Waals surface area contributed by atoms with Crippen molar-refractivity contribution in [3.63, 3.8) is 0 Å². The molecule has 0 aliphatic heterocycles. The van der Waals surface area contributed by atoms with Gasteiger partial charge in [-0.15, -0.1) is 0 Å². The van der Waals surface area contributed by atoms with E-state index in [0.717, 1.165) is 25.7 Å². The molecule has 0 spiro atoms. The average molecular weight is 213 g/mol. The minimum atomic E-state index is -0.304. The molecule has 0 radical (unpaired) electrons. The van der Waals surface area contributed by atoms with Crippen molar-refractivity contribution in [2.75, 3.05) is 13.1 Å². The summed E-state index contributed by atoms with van der Waals surface area (Å²) in [4.78, 5) is 22.3. The van der Waals surface area contributed by atoms with Gasteiger partial charge in [0.05, 0.1) is 13.1 Å². The largest absolute Gasteiger partial charge is 0.349 e. The second kappa shape index (κ2) is 5.11. The molecule has 1 rings (SSSR count). The number of hydrogen-bond donors (Lipinski definition) is 3. The van der Waals surface area contributed by atoms with Crippen LogP contribution in [0.4, 0.5) is 0 Å². The summed E-state index contributed by atoms with van der Waals surface area (Å²) >= 11 is 0. The van der Waals surface area contributed by atoms with E-state index in [4.69, 9.17) is 5.73 Å². The number of nitrogens with one attached hydrogen (secondary N) is 2. The van der Waals surface area contributed by atoms with Crippen LogP contribution < -0.4 is 16.4 Å². The predicted molar refractivity (Wildman–Crippen MR) is 57.1 cm³/mol. The number of hydrogen-bond acceptors (Lipinski definition) is 3. The Morgan fingerprint density at radius 3 is 2.40 bits per heavy atom. The van der Waals surface area contributed by atoms with Gasteiger partial charge in [0, 0.05) is 5.54 Å². The second-order valence-electron chi connectivity index (χ2n) is 4.30. The minimum Gasteiger partial charge on any atom is -0.349 e. The first kappa shape index (κ1) is 12.0. The van der Waals surface area contributed by atoms with Gasteiger partial charge in [-0.3, -0.25) is 9.59 Å². The molecule has 4 N–H and O–H groups in total. The maximum atomic E-state index is 11.5. The van der Waals surface area contributed by atoms with Crippen LogP contribution in [0.5, 0.6) is 0 Å². The molecule has 5 heteroatoms. The lowest BCUT2D eigenvalue weighted by molar-refractivity contribution is -0.126. The molecule has 1 aliphatic carbocycles. The van der Waals surface area contributed by atoms with Gasteiger partial charge < -0.3 is 16.4 Å². The third-order valence-electron chi connectivity index (χ3n) is 2.78. The molecule has 1 aliphatic rings. The molecule has 15 heavy (non-hydrogen) atoms. The molecule has 0 aromatic rings. The minimum absolute atomic E-state index is 0.0195. The van der Waals surface area contributed by atoms with Gasteiger partial charge in [0.2, 0.25) is 11.8 Å². The first-order chi connectivity index (χ1) is 7.06. The molecule has 0 aromatic carbocycles. The molecular formula is C10H19N3O2. The van der Waals surface area contributed by atoms with Crippen molar-refractivity contribution in [3.05, 3.63) is 0 Å². The van der Waals surface area contributed by atoms with E-state index in [1.165, 1.54) is 0 Å². The molecule has 86 valence electrons. The molecule has 2 amide bonds. The molecule has 0 atom stereocenters. The predicted octanol–water partition coefficient (Wildman–Crippen LogP) is -0.490. The zero-order valence-electron chi connectivity index (χ0n) is 9.14.